The molecule has 4 rings (SSSR count). The lowest BCUT2D eigenvalue weighted by molar-refractivity contribution is 1.20. The standard InChI is InChI=1S/C19H15N/c1-14-12-19(20-11-5-4-8-18(14)20)17-10-9-15-6-2-3-7-16(15)13-17/h2-13H,1H3. The highest BCUT2D eigenvalue weighted by Gasteiger charge is 2.07. The molecule has 1 heteroatoms. The molecule has 0 aliphatic rings. The maximum absolute atomic E-state index is 2.27. The summed E-state index contributed by atoms with van der Waals surface area (Å²) in [6.45, 7) is 2.17. The smallest absolute Gasteiger partial charge is 0.0531 e. The Kier molecular flexibility index (Phi) is 2.40. The van der Waals surface area contributed by atoms with E-state index in [0.29, 0.717) is 0 Å². The largest absolute Gasteiger partial charge is 0.316 e. The van der Waals surface area contributed by atoms with Crippen molar-refractivity contribution in [3.05, 3.63) is 78.5 Å². The van der Waals surface area contributed by atoms with Gasteiger partial charge in [0.15, 0.2) is 0 Å². The summed E-state index contributed by atoms with van der Waals surface area (Å²) in [5, 5.41) is 2.57. The first-order valence-electron chi connectivity index (χ1n) is 6.89. The quantitative estimate of drug-likeness (QED) is 0.448. The van der Waals surface area contributed by atoms with Crippen molar-refractivity contribution in [1.82, 2.24) is 4.40 Å². The summed E-state index contributed by atoms with van der Waals surface area (Å²) in [5.41, 5.74) is 5.10. The van der Waals surface area contributed by atoms with Gasteiger partial charge in [-0.15, -0.1) is 0 Å². The first-order chi connectivity index (χ1) is 9.83. The van der Waals surface area contributed by atoms with Crippen molar-refractivity contribution in [1.29, 1.82) is 0 Å². The maximum atomic E-state index is 2.27. The minimum atomic E-state index is 1.25. The summed E-state index contributed by atoms with van der Waals surface area (Å²) in [6.07, 6.45) is 2.13. The van der Waals surface area contributed by atoms with Crippen molar-refractivity contribution in [3.63, 3.8) is 0 Å². The van der Waals surface area contributed by atoms with Crippen LogP contribution in [0.5, 0.6) is 0 Å². The van der Waals surface area contributed by atoms with Gasteiger partial charge in [-0.25, -0.2) is 0 Å². The van der Waals surface area contributed by atoms with Crippen LogP contribution in [-0.4, -0.2) is 4.40 Å². The van der Waals surface area contributed by atoms with Gasteiger partial charge in [0, 0.05) is 11.7 Å². The lowest BCUT2D eigenvalue weighted by atomic mass is 10.1. The van der Waals surface area contributed by atoms with Crippen molar-refractivity contribution < 1.29 is 0 Å². The minimum absolute atomic E-state index is 1.25. The number of benzene rings is 2. The molecule has 20 heavy (non-hydrogen) atoms. The van der Waals surface area contributed by atoms with Gasteiger partial charge in [-0.3, -0.25) is 0 Å². The Bertz CT molecular complexity index is 915. The average Bonchev–Trinajstić information content (AvgIpc) is 2.85. The summed E-state index contributed by atoms with van der Waals surface area (Å²) < 4.78 is 2.26. The number of aromatic nitrogens is 1. The zero-order chi connectivity index (χ0) is 13.5. The molecule has 0 fully saturated rings. The first kappa shape index (κ1) is 11.3. The molecule has 0 radical (unpaired) electrons. The van der Waals surface area contributed by atoms with Gasteiger partial charge in [-0.2, -0.15) is 0 Å². The van der Waals surface area contributed by atoms with E-state index in [4.69, 9.17) is 0 Å². The molecule has 1 nitrogen and oxygen atoms in total. The predicted octanol–water partition coefficient (Wildman–Crippen LogP) is 5.07. The molecular formula is C19H15N. The van der Waals surface area contributed by atoms with Crippen molar-refractivity contribution in [2.24, 2.45) is 0 Å². The second kappa shape index (κ2) is 4.24. The highest BCUT2D eigenvalue weighted by molar-refractivity contribution is 5.87. The van der Waals surface area contributed by atoms with Gasteiger partial charge >= 0.3 is 0 Å². The topological polar surface area (TPSA) is 4.41 Å². The number of hydrogen-bond acceptors (Lipinski definition) is 0. The van der Waals surface area contributed by atoms with Crippen LogP contribution in [0.2, 0.25) is 0 Å². The first-order valence-corrected chi connectivity index (χ1v) is 6.89. The molecule has 4 aromatic rings. The highest BCUT2D eigenvalue weighted by atomic mass is 14.9. The van der Waals surface area contributed by atoms with E-state index in [1.165, 1.54) is 33.1 Å². The summed E-state index contributed by atoms with van der Waals surface area (Å²) in [5.74, 6) is 0. The summed E-state index contributed by atoms with van der Waals surface area (Å²) in [6, 6.07) is 23.8. The van der Waals surface area contributed by atoms with Gasteiger partial charge in [0.05, 0.1) is 5.69 Å². The van der Waals surface area contributed by atoms with Crippen LogP contribution in [0.25, 0.3) is 27.5 Å². The van der Waals surface area contributed by atoms with Crippen molar-refractivity contribution in [2.45, 2.75) is 6.92 Å². The molecule has 0 saturated heterocycles. The van der Waals surface area contributed by atoms with Crippen molar-refractivity contribution >= 4 is 16.3 Å². The van der Waals surface area contributed by atoms with Crippen LogP contribution in [0.3, 0.4) is 0 Å². The fraction of sp³-hybridized carbons (Fsp3) is 0.0526. The van der Waals surface area contributed by atoms with E-state index in [-0.39, 0.29) is 0 Å². The molecule has 2 heterocycles. The van der Waals surface area contributed by atoms with E-state index in [2.05, 4.69) is 84.3 Å². The Morgan fingerprint density at radius 2 is 1.55 bits per heavy atom. The van der Waals surface area contributed by atoms with Crippen LogP contribution in [-0.2, 0) is 0 Å². The maximum Gasteiger partial charge on any atom is 0.0531 e. The number of rotatable bonds is 1. The van der Waals surface area contributed by atoms with Crippen LogP contribution in [0, 0.1) is 6.92 Å². The normalized spacial score (nSPS) is 11.2. The average molecular weight is 257 g/mol. The van der Waals surface area contributed by atoms with Gasteiger partial charge in [-0.1, -0.05) is 42.5 Å². The van der Waals surface area contributed by atoms with Gasteiger partial charge in [0.25, 0.3) is 0 Å². The minimum Gasteiger partial charge on any atom is -0.316 e. The highest BCUT2D eigenvalue weighted by Crippen LogP contribution is 2.28. The Morgan fingerprint density at radius 3 is 2.45 bits per heavy atom. The van der Waals surface area contributed by atoms with Gasteiger partial charge in [-0.05, 0) is 53.1 Å². The van der Waals surface area contributed by atoms with E-state index in [1.807, 2.05) is 0 Å². The Hall–Kier alpha value is -2.54. The molecule has 0 bridgehead atoms. The van der Waals surface area contributed by atoms with Gasteiger partial charge < -0.3 is 4.40 Å². The molecule has 0 saturated carbocycles. The van der Waals surface area contributed by atoms with Gasteiger partial charge in [0.1, 0.15) is 0 Å². The third-order valence-corrected chi connectivity index (χ3v) is 3.92. The van der Waals surface area contributed by atoms with E-state index < -0.39 is 0 Å². The summed E-state index contributed by atoms with van der Waals surface area (Å²) in [4.78, 5) is 0. The van der Waals surface area contributed by atoms with Crippen molar-refractivity contribution in [2.75, 3.05) is 0 Å². The molecule has 0 amide bonds. The second-order valence-electron chi connectivity index (χ2n) is 5.23. The molecule has 0 atom stereocenters. The molecule has 0 aliphatic heterocycles. The van der Waals surface area contributed by atoms with Gasteiger partial charge in [0.2, 0.25) is 0 Å². The van der Waals surface area contributed by atoms with E-state index >= 15 is 0 Å². The fourth-order valence-electron chi connectivity index (χ4n) is 2.89. The van der Waals surface area contributed by atoms with Crippen LogP contribution in [0.1, 0.15) is 5.56 Å². The number of fused-ring (bicyclic) bond motifs is 2. The molecule has 2 aromatic heterocycles. The Balaban J connectivity index is 2.01. The van der Waals surface area contributed by atoms with Crippen LogP contribution < -0.4 is 0 Å². The number of nitrogens with zero attached hydrogens (tertiary/aromatic N) is 1. The Morgan fingerprint density at radius 1 is 0.750 bits per heavy atom. The third-order valence-electron chi connectivity index (χ3n) is 3.92. The lowest BCUT2D eigenvalue weighted by Crippen LogP contribution is -1.87. The second-order valence-corrected chi connectivity index (χ2v) is 5.23. The molecule has 2 aromatic carbocycles. The van der Waals surface area contributed by atoms with Crippen LogP contribution in [0.4, 0.5) is 0 Å². The summed E-state index contributed by atoms with van der Waals surface area (Å²) >= 11 is 0. The van der Waals surface area contributed by atoms with E-state index in [1.54, 1.807) is 0 Å². The summed E-state index contributed by atoms with van der Waals surface area (Å²) in [7, 11) is 0. The molecule has 0 unspecified atom stereocenters. The van der Waals surface area contributed by atoms with E-state index in [0.717, 1.165) is 0 Å². The monoisotopic (exact) mass is 257 g/mol. The molecule has 96 valence electrons. The molecule has 0 spiro atoms. The molecule has 0 N–H and O–H groups in total. The predicted molar refractivity (Wildman–Crippen MR) is 85.1 cm³/mol. The molecular weight excluding hydrogens is 242 g/mol. The number of pyridine rings is 1. The van der Waals surface area contributed by atoms with Crippen molar-refractivity contribution in [3.8, 4) is 11.3 Å². The zero-order valence-electron chi connectivity index (χ0n) is 11.4. The lowest BCUT2D eigenvalue weighted by Gasteiger charge is -2.05. The van der Waals surface area contributed by atoms with Crippen LogP contribution >= 0.6 is 0 Å². The van der Waals surface area contributed by atoms with Crippen LogP contribution in [0.15, 0.2) is 72.9 Å². The molecule has 0 aliphatic carbocycles. The fourth-order valence-corrected chi connectivity index (χ4v) is 2.89. The number of aryl methyl sites for hydroxylation is 1. The Labute approximate surface area is 118 Å². The zero-order valence-corrected chi connectivity index (χ0v) is 11.4. The SMILES string of the molecule is Cc1cc(-c2ccc3ccccc3c2)n2ccccc12. The van der Waals surface area contributed by atoms with E-state index in [9.17, 15) is 0 Å². The third kappa shape index (κ3) is 1.64. The number of hydrogen-bond donors (Lipinski definition) is 0.